The number of thiocarbonyl (C=S) groups is 1. The zero-order chi connectivity index (χ0) is 19.2. The Hall–Kier alpha value is -1.82. The molecule has 0 bridgehead atoms. The van der Waals surface area contributed by atoms with Crippen molar-refractivity contribution >= 4 is 34.6 Å². The van der Waals surface area contributed by atoms with Crippen molar-refractivity contribution < 1.29 is 9.64 Å². The first-order valence-electron chi connectivity index (χ1n) is 9.37. The first kappa shape index (κ1) is 19.9. The minimum Gasteiger partial charge on any atom is -0.497 e. The van der Waals surface area contributed by atoms with Crippen LogP contribution >= 0.6 is 23.8 Å². The summed E-state index contributed by atoms with van der Waals surface area (Å²) in [5.74, 6) is 0.885. The van der Waals surface area contributed by atoms with Gasteiger partial charge in [-0.3, -0.25) is 0 Å². The predicted molar refractivity (Wildman–Crippen MR) is 116 cm³/mol. The molecule has 0 aliphatic carbocycles. The fourth-order valence-corrected chi connectivity index (χ4v) is 3.98. The van der Waals surface area contributed by atoms with E-state index in [4.69, 9.17) is 28.6 Å². The van der Waals surface area contributed by atoms with Gasteiger partial charge >= 0.3 is 0 Å². The van der Waals surface area contributed by atoms with Gasteiger partial charge in [-0.15, -0.1) is 0 Å². The summed E-state index contributed by atoms with van der Waals surface area (Å²) in [7, 11) is 1.70. The summed E-state index contributed by atoms with van der Waals surface area (Å²) in [4.78, 5) is 1.61. The number of halogens is 1. The van der Waals surface area contributed by atoms with Gasteiger partial charge in [-0.05, 0) is 61.1 Å². The zero-order valence-corrected chi connectivity index (χ0v) is 17.4. The summed E-state index contributed by atoms with van der Waals surface area (Å²) in [6.07, 6.45) is 2.57. The van der Waals surface area contributed by atoms with Crippen molar-refractivity contribution in [3.8, 4) is 5.75 Å². The molecule has 27 heavy (non-hydrogen) atoms. The summed E-state index contributed by atoms with van der Waals surface area (Å²) in [5, 5.41) is 8.04. The van der Waals surface area contributed by atoms with Crippen LogP contribution in [0.25, 0.3) is 0 Å². The number of benzene rings is 2. The van der Waals surface area contributed by atoms with Crippen LogP contribution in [0.3, 0.4) is 0 Å². The average molecular weight is 405 g/mol. The molecule has 1 heterocycles. The van der Waals surface area contributed by atoms with Gasteiger partial charge < -0.3 is 20.3 Å². The van der Waals surface area contributed by atoms with Gasteiger partial charge in [-0.25, -0.2) is 0 Å². The molecule has 0 saturated carbocycles. The third kappa shape index (κ3) is 5.12. The zero-order valence-electron chi connectivity index (χ0n) is 15.8. The molecule has 1 saturated heterocycles. The molecule has 0 aromatic heterocycles. The molecule has 0 unspecified atom stereocenters. The number of nitrogens with one attached hydrogen (secondary N) is 3. The average Bonchev–Trinajstić information content (AvgIpc) is 3.20. The van der Waals surface area contributed by atoms with Crippen LogP contribution < -0.4 is 20.3 Å². The van der Waals surface area contributed by atoms with Gasteiger partial charge in [0, 0.05) is 29.1 Å². The molecule has 6 heteroatoms. The van der Waals surface area contributed by atoms with Gasteiger partial charge in [0.2, 0.25) is 0 Å². The lowest BCUT2D eigenvalue weighted by molar-refractivity contribution is -0.918. The SMILES string of the molecule is COc1ccc([C@H](CNC(=S)Nc2cccc(Cl)c2C)[NH+]2CCCC2)cc1. The lowest BCUT2D eigenvalue weighted by Gasteiger charge is -2.26. The van der Waals surface area contributed by atoms with E-state index < -0.39 is 0 Å². The van der Waals surface area contributed by atoms with Crippen LogP contribution in [0.15, 0.2) is 42.5 Å². The van der Waals surface area contributed by atoms with Crippen molar-refractivity contribution in [1.29, 1.82) is 0 Å². The van der Waals surface area contributed by atoms with Crippen LogP contribution in [0.4, 0.5) is 5.69 Å². The van der Waals surface area contributed by atoms with Crippen LogP contribution in [0.2, 0.25) is 5.02 Å². The monoisotopic (exact) mass is 404 g/mol. The third-order valence-electron chi connectivity index (χ3n) is 5.24. The Morgan fingerprint density at radius 3 is 2.56 bits per heavy atom. The summed E-state index contributed by atoms with van der Waals surface area (Å²) >= 11 is 11.7. The second kappa shape index (κ2) is 9.40. The van der Waals surface area contributed by atoms with E-state index >= 15 is 0 Å². The largest absolute Gasteiger partial charge is 0.497 e. The molecule has 1 fully saturated rings. The molecular formula is C21H27ClN3OS+. The summed E-state index contributed by atoms with van der Waals surface area (Å²) < 4.78 is 5.30. The van der Waals surface area contributed by atoms with E-state index in [2.05, 4.69) is 22.8 Å². The molecule has 0 amide bonds. The van der Waals surface area contributed by atoms with Crippen molar-refractivity contribution in [2.75, 3.05) is 32.1 Å². The molecule has 144 valence electrons. The second-order valence-electron chi connectivity index (χ2n) is 6.94. The van der Waals surface area contributed by atoms with E-state index in [1.54, 1.807) is 12.0 Å². The number of rotatable bonds is 6. The molecule has 2 aromatic carbocycles. The van der Waals surface area contributed by atoms with Crippen LogP contribution in [0.5, 0.6) is 5.75 Å². The van der Waals surface area contributed by atoms with Gasteiger partial charge in [0.25, 0.3) is 0 Å². The Balaban J connectivity index is 1.66. The van der Waals surface area contributed by atoms with Crippen LogP contribution in [0, 0.1) is 6.92 Å². The van der Waals surface area contributed by atoms with Crippen LogP contribution in [-0.4, -0.2) is 31.9 Å². The molecule has 2 aromatic rings. The third-order valence-corrected chi connectivity index (χ3v) is 5.90. The fourth-order valence-electron chi connectivity index (χ4n) is 3.62. The number of hydrogen-bond acceptors (Lipinski definition) is 2. The van der Waals surface area contributed by atoms with Gasteiger partial charge in [0.15, 0.2) is 5.11 Å². The first-order chi connectivity index (χ1) is 13.1. The Labute approximate surface area is 171 Å². The smallest absolute Gasteiger partial charge is 0.171 e. The number of hydrogen-bond donors (Lipinski definition) is 3. The topological polar surface area (TPSA) is 37.7 Å². The number of quaternary nitrogens is 1. The maximum atomic E-state index is 6.20. The molecule has 4 nitrogen and oxygen atoms in total. The quantitative estimate of drug-likeness (QED) is 0.645. The Bertz CT molecular complexity index is 775. The van der Waals surface area contributed by atoms with Crippen LogP contribution in [-0.2, 0) is 0 Å². The molecule has 1 aliphatic heterocycles. The molecule has 1 atom stereocenters. The molecule has 3 rings (SSSR count). The summed E-state index contributed by atoms with van der Waals surface area (Å²) in [6, 6.07) is 14.5. The number of likely N-dealkylation sites (tertiary alicyclic amines) is 1. The summed E-state index contributed by atoms with van der Waals surface area (Å²) in [5.41, 5.74) is 3.25. The van der Waals surface area contributed by atoms with Crippen molar-refractivity contribution in [2.24, 2.45) is 0 Å². The van der Waals surface area contributed by atoms with E-state index in [9.17, 15) is 0 Å². The molecule has 3 N–H and O–H groups in total. The normalized spacial score (nSPS) is 15.4. The first-order valence-corrected chi connectivity index (χ1v) is 10.2. The van der Waals surface area contributed by atoms with Gasteiger partial charge in [-0.1, -0.05) is 17.7 Å². The number of ether oxygens (including phenoxy) is 1. The van der Waals surface area contributed by atoms with E-state index in [-0.39, 0.29) is 0 Å². The van der Waals surface area contributed by atoms with E-state index in [0.29, 0.717) is 11.2 Å². The van der Waals surface area contributed by atoms with E-state index in [1.165, 1.54) is 31.5 Å². The number of anilines is 1. The maximum absolute atomic E-state index is 6.20. The van der Waals surface area contributed by atoms with E-state index in [0.717, 1.165) is 28.6 Å². The Kier molecular flexibility index (Phi) is 6.94. The van der Waals surface area contributed by atoms with Crippen molar-refractivity contribution in [3.63, 3.8) is 0 Å². The van der Waals surface area contributed by atoms with Gasteiger partial charge in [-0.2, -0.15) is 0 Å². The van der Waals surface area contributed by atoms with Crippen molar-refractivity contribution in [1.82, 2.24) is 5.32 Å². The fraction of sp³-hybridized carbons (Fsp3) is 0.381. The highest BCUT2D eigenvalue weighted by molar-refractivity contribution is 7.80. The standard InChI is InChI=1S/C21H26ClN3OS/c1-15-18(22)6-5-7-19(15)24-21(27)23-14-20(25-12-3-4-13-25)16-8-10-17(26-2)11-9-16/h5-11,20H,3-4,12-14H2,1-2H3,(H2,23,24,27)/p+1/t20-/m0/s1. The highest BCUT2D eigenvalue weighted by Gasteiger charge is 2.27. The lowest BCUT2D eigenvalue weighted by atomic mass is 10.1. The molecular weight excluding hydrogens is 378 g/mol. The van der Waals surface area contributed by atoms with E-state index in [1.807, 2.05) is 37.3 Å². The Morgan fingerprint density at radius 1 is 1.19 bits per heavy atom. The highest BCUT2D eigenvalue weighted by Crippen LogP contribution is 2.23. The molecule has 1 aliphatic rings. The molecule has 0 spiro atoms. The number of methoxy groups -OCH3 is 1. The molecule has 0 radical (unpaired) electrons. The minimum atomic E-state index is 0.360. The Morgan fingerprint density at radius 2 is 1.89 bits per heavy atom. The van der Waals surface area contributed by atoms with Crippen molar-refractivity contribution in [3.05, 3.63) is 58.6 Å². The lowest BCUT2D eigenvalue weighted by Crippen LogP contribution is -3.11. The van der Waals surface area contributed by atoms with Crippen LogP contribution in [0.1, 0.15) is 30.0 Å². The van der Waals surface area contributed by atoms with Gasteiger partial charge in [0.1, 0.15) is 11.8 Å². The predicted octanol–water partition coefficient (Wildman–Crippen LogP) is 3.36. The summed E-state index contributed by atoms with van der Waals surface area (Å²) in [6.45, 7) is 5.17. The van der Waals surface area contributed by atoms with Gasteiger partial charge in [0.05, 0.1) is 26.7 Å². The minimum absolute atomic E-state index is 0.360. The second-order valence-corrected chi connectivity index (χ2v) is 7.75. The highest BCUT2D eigenvalue weighted by atomic mass is 35.5. The maximum Gasteiger partial charge on any atom is 0.171 e. The van der Waals surface area contributed by atoms with Crippen molar-refractivity contribution in [2.45, 2.75) is 25.8 Å².